The number of carbonyl (C=O) groups is 1. The van der Waals surface area contributed by atoms with Gasteiger partial charge in [-0.05, 0) is 18.6 Å². The molecule has 1 aromatic rings. The zero-order valence-corrected chi connectivity index (χ0v) is 8.50. The van der Waals surface area contributed by atoms with Gasteiger partial charge in [-0.1, -0.05) is 6.07 Å². The van der Waals surface area contributed by atoms with Crippen LogP contribution >= 0.6 is 0 Å². The predicted molar refractivity (Wildman–Crippen MR) is 49.4 cm³/mol. The summed E-state index contributed by atoms with van der Waals surface area (Å²) in [6.45, 7) is 1.64. The highest BCUT2D eigenvalue weighted by molar-refractivity contribution is 7.79. The minimum Gasteiger partial charge on any atom is -0.464 e. The first-order chi connectivity index (χ1) is 6.56. The normalized spacial score (nSPS) is 12.2. The Bertz CT molecular complexity index is 391. The highest BCUT2D eigenvalue weighted by Gasteiger charge is 2.12. The van der Waals surface area contributed by atoms with Crippen LogP contribution in [0.4, 0.5) is 0 Å². The largest absolute Gasteiger partial charge is 0.464 e. The Kier molecular flexibility index (Phi) is 3.32. The van der Waals surface area contributed by atoms with Gasteiger partial charge >= 0.3 is 5.97 Å². The number of aromatic nitrogens is 1. The van der Waals surface area contributed by atoms with Gasteiger partial charge in [0.2, 0.25) is 11.1 Å². The maximum absolute atomic E-state index is 11.0. The molecule has 1 heterocycles. The Labute approximate surface area is 83.4 Å². The molecule has 1 aromatic heterocycles. The van der Waals surface area contributed by atoms with E-state index >= 15 is 0 Å². The summed E-state index contributed by atoms with van der Waals surface area (Å²) in [5.74, 6) is -0.628. The van der Waals surface area contributed by atoms with Crippen LogP contribution in [0.5, 0.6) is 0 Å². The topological polar surface area (TPSA) is 76.5 Å². The van der Waals surface area contributed by atoms with Crippen LogP contribution in [0.15, 0.2) is 17.2 Å². The fraction of sp³-hybridized carbons (Fsp3) is 0.250. The maximum Gasteiger partial charge on any atom is 0.356 e. The second kappa shape index (κ2) is 4.30. The van der Waals surface area contributed by atoms with Gasteiger partial charge in [-0.2, -0.15) is 0 Å². The van der Waals surface area contributed by atoms with E-state index in [0.29, 0.717) is 5.56 Å². The van der Waals surface area contributed by atoms with Gasteiger partial charge in [-0.15, -0.1) is 0 Å². The first-order valence-corrected chi connectivity index (χ1v) is 4.83. The third-order valence-corrected chi connectivity index (χ3v) is 2.35. The van der Waals surface area contributed by atoms with E-state index < -0.39 is 17.0 Å². The average molecular weight is 215 g/mol. The lowest BCUT2D eigenvalue weighted by molar-refractivity contribution is 0.0593. The third kappa shape index (κ3) is 2.15. The number of methoxy groups -OCH3 is 1. The van der Waals surface area contributed by atoms with E-state index in [1.165, 1.54) is 13.2 Å². The molecule has 14 heavy (non-hydrogen) atoms. The molecule has 0 aliphatic rings. The number of rotatable bonds is 2. The van der Waals surface area contributed by atoms with Gasteiger partial charge in [0, 0.05) is 0 Å². The summed E-state index contributed by atoms with van der Waals surface area (Å²) < 4.78 is 24.1. The van der Waals surface area contributed by atoms with Crippen molar-refractivity contribution in [1.29, 1.82) is 0 Å². The number of pyridine rings is 1. The van der Waals surface area contributed by atoms with Crippen molar-refractivity contribution >= 4 is 17.0 Å². The van der Waals surface area contributed by atoms with Crippen LogP contribution in [0.2, 0.25) is 0 Å². The Balaban J connectivity index is 3.19. The number of ether oxygens (including phenoxy) is 1. The van der Waals surface area contributed by atoms with Gasteiger partial charge < -0.3 is 9.29 Å². The van der Waals surface area contributed by atoms with Crippen molar-refractivity contribution in [2.75, 3.05) is 7.11 Å². The van der Waals surface area contributed by atoms with Gasteiger partial charge in [0.05, 0.1) is 7.11 Å². The monoisotopic (exact) mass is 215 g/mol. The van der Waals surface area contributed by atoms with Crippen molar-refractivity contribution < 1.29 is 18.3 Å². The quantitative estimate of drug-likeness (QED) is 0.582. The molecule has 1 N–H and O–H groups in total. The molecular formula is C8H9NO4S. The molecule has 76 valence electrons. The van der Waals surface area contributed by atoms with Crippen molar-refractivity contribution in [3.8, 4) is 0 Å². The van der Waals surface area contributed by atoms with Crippen molar-refractivity contribution in [2.24, 2.45) is 0 Å². The molecule has 0 aliphatic heterocycles. The molecule has 1 rings (SSSR count). The molecule has 0 amide bonds. The average Bonchev–Trinajstić information content (AvgIpc) is 2.17. The van der Waals surface area contributed by atoms with Gasteiger partial charge in [-0.25, -0.2) is 14.0 Å². The van der Waals surface area contributed by atoms with E-state index in [1.54, 1.807) is 13.0 Å². The van der Waals surface area contributed by atoms with E-state index in [2.05, 4.69) is 9.72 Å². The van der Waals surface area contributed by atoms with Crippen molar-refractivity contribution in [1.82, 2.24) is 4.98 Å². The predicted octanol–water partition coefficient (Wildman–Crippen LogP) is 0.757. The highest BCUT2D eigenvalue weighted by atomic mass is 32.2. The molecule has 0 fully saturated rings. The molecule has 1 unspecified atom stereocenters. The lowest BCUT2D eigenvalue weighted by Crippen LogP contribution is -2.07. The van der Waals surface area contributed by atoms with Crippen LogP contribution in [0.1, 0.15) is 16.1 Å². The Hall–Kier alpha value is -1.27. The van der Waals surface area contributed by atoms with E-state index in [1.807, 2.05) is 0 Å². The number of carbonyl (C=O) groups excluding carboxylic acids is 1. The summed E-state index contributed by atoms with van der Waals surface area (Å²) in [7, 11) is 1.22. The van der Waals surface area contributed by atoms with Crippen molar-refractivity contribution in [3.63, 3.8) is 0 Å². The SMILES string of the molecule is COC(=O)c1ccc(C)c(S(=O)O)n1. The van der Waals surface area contributed by atoms with E-state index in [-0.39, 0.29) is 10.7 Å². The molecule has 0 saturated heterocycles. The summed E-state index contributed by atoms with van der Waals surface area (Å²) in [5.41, 5.74) is 0.578. The number of hydrogen-bond donors (Lipinski definition) is 1. The number of aryl methyl sites for hydroxylation is 1. The van der Waals surface area contributed by atoms with Gasteiger partial charge in [0.1, 0.15) is 5.69 Å². The Morgan fingerprint density at radius 3 is 2.71 bits per heavy atom. The van der Waals surface area contributed by atoms with Crippen molar-refractivity contribution in [3.05, 3.63) is 23.4 Å². The van der Waals surface area contributed by atoms with Crippen LogP contribution in [0.25, 0.3) is 0 Å². The molecule has 0 saturated carbocycles. The maximum atomic E-state index is 11.0. The third-order valence-electron chi connectivity index (χ3n) is 1.61. The second-order valence-electron chi connectivity index (χ2n) is 2.56. The molecule has 0 radical (unpaired) electrons. The van der Waals surface area contributed by atoms with Gasteiger partial charge in [0.25, 0.3) is 0 Å². The minimum absolute atomic E-state index is 0.0205. The van der Waals surface area contributed by atoms with Crippen LogP contribution in [-0.4, -0.2) is 26.8 Å². The molecule has 5 nitrogen and oxygen atoms in total. The summed E-state index contributed by atoms with van der Waals surface area (Å²) in [6.07, 6.45) is 0. The fourth-order valence-electron chi connectivity index (χ4n) is 0.905. The summed E-state index contributed by atoms with van der Waals surface area (Å²) in [5, 5.41) is -0.0205. The highest BCUT2D eigenvalue weighted by Crippen LogP contribution is 2.10. The minimum atomic E-state index is -2.19. The molecule has 0 aliphatic carbocycles. The first-order valence-electron chi connectivity index (χ1n) is 3.73. The van der Waals surface area contributed by atoms with E-state index in [4.69, 9.17) is 4.55 Å². The van der Waals surface area contributed by atoms with Gasteiger partial charge in [0.15, 0.2) is 5.03 Å². The first kappa shape index (κ1) is 10.8. The van der Waals surface area contributed by atoms with E-state index in [0.717, 1.165) is 0 Å². The molecule has 0 bridgehead atoms. The summed E-state index contributed by atoms with van der Waals surface area (Å²) in [4.78, 5) is 14.8. The smallest absolute Gasteiger partial charge is 0.356 e. The lowest BCUT2D eigenvalue weighted by Gasteiger charge is -2.02. The fourth-order valence-corrected chi connectivity index (χ4v) is 1.43. The van der Waals surface area contributed by atoms with Crippen LogP contribution in [0.3, 0.4) is 0 Å². The molecular weight excluding hydrogens is 206 g/mol. The van der Waals surface area contributed by atoms with Crippen LogP contribution < -0.4 is 0 Å². The molecule has 6 heteroatoms. The lowest BCUT2D eigenvalue weighted by atomic mass is 10.3. The number of nitrogens with zero attached hydrogens (tertiary/aromatic N) is 1. The molecule has 0 spiro atoms. The van der Waals surface area contributed by atoms with Crippen LogP contribution in [-0.2, 0) is 15.8 Å². The second-order valence-corrected chi connectivity index (χ2v) is 3.44. The zero-order chi connectivity index (χ0) is 10.7. The zero-order valence-electron chi connectivity index (χ0n) is 7.68. The summed E-state index contributed by atoms with van der Waals surface area (Å²) in [6, 6.07) is 2.99. The Morgan fingerprint density at radius 1 is 1.57 bits per heavy atom. The van der Waals surface area contributed by atoms with Crippen LogP contribution in [0, 0.1) is 6.92 Å². The molecule has 1 atom stereocenters. The van der Waals surface area contributed by atoms with Gasteiger partial charge in [-0.3, -0.25) is 0 Å². The van der Waals surface area contributed by atoms with Crippen molar-refractivity contribution in [2.45, 2.75) is 11.9 Å². The standard InChI is InChI=1S/C8H9NO4S/c1-5-3-4-6(8(10)13-2)9-7(5)14(11)12/h3-4H,1-2H3,(H,11,12). The number of esters is 1. The molecule has 0 aromatic carbocycles. The number of hydrogen-bond acceptors (Lipinski definition) is 4. The summed E-state index contributed by atoms with van der Waals surface area (Å²) >= 11 is -2.19. The Morgan fingerprint density at radius 2 is 2.21 bits per heavy atom. The van der Waals surface area contributed by atoms with E-state index in [9.17, 15) is 9.00 Å².